The first-order chi connectivity index (χ1) is 14.8. The Bertz CT molecular complexity index is 1160. The van der Waals surface area contributed by atoms with Crippen LogP contribution in [0.4, 0.5) is 0 Å². The largest absolute Gasteiger partial charge is 0.445 e. The minimum absolute atomic E-state index is 0.0208. The van der Waals surface area contributed by atoms with Crippen LogP contribution in [0.15, 0.2) is 77.5 Å². The van der Waals surface area contributed by atoms with Crippen LogP contribution in [0.25, 0.3) is 10.8 Å². The molecule has 150 valence electrons. The second-order valence-corrected chi connectivity index (χ2v) is 7.80. The van der Waals surface area contributed by atoms with E-state index in [4.69, 9.17) is 4.42 Å². The molecule has 0 unspecified atom stereocenters. The highest BCUT2D eigenvalue weighted by molar-refractivity contribution is 6.05. The lowest BCUT2D eigenvalue weighted by Gasteiger charge is -2.31. The first-order valence-corrected chi connectivity index (χ1v) is 10.4. The zero-order valence-corrected chi connectivity index (χ0v) is 16.7. The predicted molar refractivity (Wildman–Crippen MR) is 115 cm³/mol. The summed E-state index contributed by atoms with van der Waals surface area (Å²) < 4.78 is 6.07. The smallest absolute Gasteiger partial charge is 0.273 e. The van der Waals surface area contributed by atoms with Gasteiger partial charge in [-0.15, -0.1) is 0 Å². The van der Waals surface area contributed by atoms with Crippen molar-refractivity contribution in [2.24, 2.45) is 0 Å². The van der Waals surface area contributed by atoms with Gasteiger partial charge < -0.3 is 9.32 Å². The predicted octanol–water partition coefficient (Wildman–Crippen LogP) is 4.83. The van der Waals surface area contributed by atoms with Crippen molar-refractivity contribution in [3.8, 4) is 0 Å². The molecule has 1 aliphatic heterocycles. The summed E-state index contributed by atoms with van der Waals surface area (Å²) in [5, 5.41) is 1.93. The van der Waals surface area contributed by atoms with Crippen molar-refractivity contribution in [2.45, 2.75) is 25.2 Å². The van der Waals surface area contributed by atoms with E-state index in [0.29, 0.717) is 12.2 Å². The molecule has 1 aliphatic rings. The van der Waals surface area contributed by atoms with Crippen LogP contribution in [-0.2, 0) is 6.42 Å². The van der Waals surface area contributed by atoms with Gasteiger partial charge in [0.25, 0.3) is 5.91 Å². The van der Waals surface area contributed by atoms with Gasteiger partial charge in [0.1, 0.15) is 11.5 Å². The zero-order chi connectivity index (χ0) is 20.3. The summed E-state index contributed by atoms with van der Waals surface area (Å²) in [6.45, 7) is 1.34. The van der Waals surface area contributed by atoms with Crippen LogP contribution in [0.3, 0.4) is 0 Å². The van der Waals surface area contributed by atoms with E-state index >= 15 is 0 Å². The van der Waals surface area contributed by atoms with Crippen molar-refractivity contribution < 1.29 is 9.21 Å². The molecule has 2 aromatic heterocycles. The van der Waals surface area contributed by atoms with Crippen molar-refractivity contribution >= 4 is 16.7 Å². The summed E-state index contributed by atoms with van der Waals surface area (Å²) in [6.07, 6.45) is 6.15. The standard InChI is InChI=1S/C25H23N3O2/c29-25(23-22-11-5-4-9-19(22)12-13-26-23)28-14-6-10-20(17-28)24-27-16-21(30-24)15-18-7-2-1-3-8-18/h1-5,7-9,11-13,16,20H,6,10,14-15,17H2/t20-/m0/s1. The maximum absolute atomic E-state index is 13.2. The molecule has 0 radical (unpaired) electrons. The van der Waals surface area contributed by atoms with E-state index in [2.05, 4.69) is 22.1 Å². The number of aromatic nitrogens is 2. The summed E-state index contributed by atoms with van der Waals surface area (Å²) in [5.41, 5.74) is 1.72. The third-order valence-corrected chi connectivity index (χ3v) is 5.73. The van der Waals surface area contributed by atoms with Gasteiger partial charge in [-0.25, -0.2) is 4.98 Å². The van der Waals surface area contributed by atoms with Crippen LogP contribution >= 0.6 is 0 Å². The lowest BCUT2D eigenvalue weighted by Crippen LogP contribution is -2.39. The number of nitrogens with zero attached hydrogens (tertiary/aromatic N) is 3. The minimum atomic E-state index is -0.0208. The normalized spacial score (nSPS) is 16.7. The molecule has 5 nitrogen and oxygen atoms in total. The van der Waals surface area contributed by atoms with E-state index < -0.39 is 0 Å². The lowest BCUT2D eigenvalue weighted by molar-refractivity contribution is 0.0694. The Morgan fingerprint density at radius 3 is 2.77 bits per heavy atom. The Morgan fingerprint density at radius 2 is 1.87 bits per heavy atom. The van der Waals surface area contributed by atoms with Crippen LogP contribution in [0.1, 0.15) is 46.5 Å². The number of piperidine rings is 1. The topological polar surface area (TPSA) is 59.2 Å². The molecule has 1 fully saturated rings. The molecule has 0 N–H and O–H groups in total. The Hall–Kier alpha value is -3.47. The van der Waals surface area contributed by atoms with Gasteiger partial charge in [0.15, 0.2) is 5.89 Å². The quantitative estimate of drug-likeness (QED) is 0.495. The van der Waals surface area contributed by atoms with Crippen molar-refractivity contribution in [1.82, 2.24) is 14.9 Å². The molecule has 0 aliphatic carbocycles. The van der Waals surface area contributed by atoms with E-state index in [9.17, 15) is 4.79 Å². The van der Waals surface area contributed by atoms with Gasteiger partial charge in [0.2, 0.25) is 0 Å². The average Bonchev–Trinajstić information content (AvgIpc) is 3.27. The molecule has 0 bridgehead atoms. The number of pyridine rings is 1. The van der Waals surface area contributed by atoms with Gasteiger partial charge >= 0.3 is 0 Å². The number of benzene rings is 2. The maximum atomic E-state index is 13.2. The summed E-state index contributed by atoms with van der Waals surface area (Å²) in [5.74, 6) is 1.68. The SMILES string of the molecule is O=C(c1nccc2ccccc12)N1CCC[C@H](c2ncc(Cc3ccccc3)o2)C1. The van der Waals surface area contributed by atoms with Crippen LogP contribution in [0.5, 0.6) is 0 Å². The molecule has 30 heavy (non-hydrogen) atoms. The number of carbonyl (C=O) groups is 1. The second kappa shape index (κ2) is 8.11. The van der Waals surface area contributed by atoms with Gasteiger partial charge in [0.05, 0.1) is 12.1 Å². The second-order valence-electron chi connectivity index (χ2n) is 7.80. The summed E-state index contributed by atoms with van der Waals surface area (Å²) in [4.78, 5) is 24.1. The maximum Gasteiger partial charge on any atom is 0.273 e. The Kier molecular flexibility index (Phi) is 5.01. The number of carbonyl (C=O) groups excluding carboxylic acids is 1. The molecule has 5 heteroatoms. The van der Waals surface area contributed by atoms with Gasteiger partial charge in [-0.1, -0.05) is 54.6 Å². The fourth-order valence-electron chi connectivity index (χ4n) is 4.19. The molecule has 0 saturated carbocycles. The van der Waals surface area contributed by atoms with Gasteiger partial charge in [-0.2, -0.15) is 0 Å². The summed E-state index contributed by atoms with van der Waals surface area (Å²) in [7, 11) is 0. The van der Waals surface area contributed by atoms with E-state index in [1.807, 2.05) is 59.6 Å². The van der Waals surface area contributed by atoms with Gasteiger partial charge in [0, 0.05) is 31.1 Å². The Morgan fingerprint density at radius 1 is 1.03 bits per heavy atom. The number of amides is 1. The van der Waals surface area contributed by atoms with Crippen LogP contribution < -0.4 is 0 Å². The number of hydrogen-bond donors (Lipinski definition) is 0. The van der Waals surface area contributed by atoms with Crippen molar-refractivity contribution in [3.63, 3.8) is 0 Å². The number of rotatable bonds is 4. The number of oxazole rings is 1. The zero-order valence-electron chi connectivity index (χ0n) is 16.7. The van der Waals surface area contributed by atoms with E-state index in [0.717, 1.165) is 48.2 Å². The fourth-order valence-corrected chi connectivity index (χ4v) is 4.19. The molecule has 1 amide bonds. The highest BCUT2D eigenvalue weighted by Gasteiger charge is 2.29. The van der Waals surface area contributed by atoms with E-state index in [1.54, 1.807) is 6.20 Å². The molecule has 1 saturated heterocycles. The molecule has 1 atom stereocenters. The van der Waals surface area contributed by atoms with E-state index in [-0.39, 0.29) is 11.8 Å². The van der Waals surface area contributed by atoms with Crippen molar-refractivity contribution in [2.75, 3.05) is 13.1 Å². The molecular formula is C25H23N3O2. The summed E-state index contributed by atoms with van der Waals surface area (Å²) >= 11 is 0. The molecule has 3 heterocycles. The number of fused-ring (bicyclic) bond motifs is 1. The third-order valence-electron chi connectivity index (χ3n) is 5.73. The highest BCUT2D eigenvalue weighted by Crippen LogP contribution is 2.29. The molecule has 2 aromatic carbocycles. The molecule has 5 rings (SSSR count). The van der Waals surface area contributed by atoms with Crippen LogP contribution in [0, 0.1) is 0 Å². The number of hydrogen-bond acceptors (Lipinski definition) is 4. The molecular weight excluding hydrogens is 374 g/mol. The fraction of sp³-hybridized carbons (Fsp3) is 0.240. The van der Waals surface area contributed by atoms with Crippen LogP contribution in [-0.4, -0.2) is 33.9 Å². The molecule has 0 spiro atoms. The summed E-state index contributed by atoms with van der Waals surface area (Å²) in [6, 6.07) is 20.1. The third kappa shape index (κ3) is 3.71. The first-order valence-electron chi connectivity index (χ1n) is 10.4. The highest BCUT2D eigenvalue weighted by atomic mass is 16.4. The van der Waals surface area contributed by atoms with Crippen molar-refractivity contribution in [3.05, 3.63) is 96.0 Å². The minimum Gasteiger partial charge on any atom is -0.445 e. The number of likely N-dealkylation sites (tertiary alicyclic amines) is 1. The Balaban J connectivity index is 1.33. The first kappa shape index (κ1) is 18.6. The average molecular weight is 397 g/mol. The lowest BCUT2D eigenvalue weighted by atomic mass is 9.97. The molecule has 4 aromatic rings. The van der Waals surface area contributed by atoms with Gasteiger partial charge in [-0.3, -0.25) is 9.78 Å². The van der Waals surface area contributed by atoms with Crippen LogP contribution in [0.2, 0.25) is 0 Å². The Labute approximate surface area is 175 Å². The monoisotopic (exact) mass is 397 g/mol. The van der Waals surface area contributed by atoms with E-state index in [1.165, 1.54) is 5.56 Å². The van der Waals surface area contributed by atoms with Crippen molar-refractivity contribution in [1.29, 1.82) is 0 Å². The van der Waals surface area contributed by atoms with Gasteiger partial charge in [-0.05, 0) is 29.9 Å².